The maximum absolute atomic E-state index is 12.5. The molecule has 0 N–H and O–H groups in total. The molecule has 0 unspecified atom stereocenters. The van der Waals surface area contributed by atoms with Crippen LogP contribution in [0, 0.1) is 25.2 Å². The van der Waals surface area contributed by atoms with Crippen molar-refractivity contribution in [1.29, 1.82) is 5.26 Å². The van der Waals surface area contributed by atoms with Crippen molar-refractivity contribution < 1.29 is 8.42 Å². The Morgan fingerprint density at radius 3 is 2.24 bits per heavy atom. The van der Waals surface area contributed by atoms with E-state index in [1.807, 2.05) is 32.0 Å². The van der Waals surface area contributed by atoms with Gasteiger partial charge in [0.25, 0.3) is 0 Å². The summed E-state index contributed by atoms with van der Waals surface area (Å²) in [5.41, 5.74) is 2.62. The van der Waals surface area contributed by atoms with E-state index in [9.17, 15) is 13.7 Å². The van der Waals surface area contributed by atoms with Crippen molar-refractivity contribution in [2.75, 3.05) is 0 Å². The van der Waals surface area contributed by atoms with Crippen LogP contribution >= 0.6 is 0 Å². The highest BCUT2D eigenvalue weighted by Crippen LogP contribution is 2.22. The van der Waals surface area contributed by atoms with Gasteiger partial charge in [0.05, 0.1) is 4.90 Å². The number of rotatable bonds is 3. The normalized spacial score (nSPS) is 12.0. The molecule has 0 saturated heterocycles. The summed E-state index contributed by atoms with van der Waals surface area (Å²) >= 11 is 0. The van der Waals surface area contributed by atoms with Gasteiger partial charge in [0.15, 0.2) is 0 Å². The molecule has 0 amide bonds. The van der Waals surface area contributed by atoms with Crippen LogP contribution in [0.2, 0.25) is 0 Å². The second-order valence-electron chi connectivity index (χ2n) is 4.79. The lowest BCUT2D eigenvalue weighted by Gasteiger charge is -2.05. The van der Waals surface area contributed by atoms with Crippen LogP contribution < -0.4 is 0 Å². The molecule has 0 aromatic heterocycles. The minimum atomic E-state index is -3.78. The Balaban J connectivity index is 2.53. The average Bonchev–Trinajstić information content (AvgIpc) is 2.46. The Bertz CT molecular complexity index is 826. The van der Waals surface area contributed by atoms with Crippen molar-refractivity contribution in [3.05, 3.63) is 70.1 Å². The first-order valence-electron chi connectivity index (χ1n) is 6.44. The van der Waals surface area contributed by atoms with Crippen LogP contribution in [0.4, 0.5) is 0 Å². The highest BCUT2D eigenvalue weighted by atomic mass is 32.2. The first-order chi connectivity index (χ1) is 9.95. The smallest absolute Gasteiger partial charge is 0.216 e. The molecule has 0 fully saturated rings. The monoisotopic (exact) mass is 297 g/mol. The van der Waals surface area contributed by atoms with Gasteiger partial charge in [0.1, 0.15) is 11.0 Å². The Morgan fingerprint density at radius 1 is 1.05 bits per heavy atom. The molecule has 0 aliphatic rings. The van der Waals surface area contributed by atoms with Gasteiger partial charge in [-0.3, -0.25) is 0 Å². The van der Waals surface area contributed by atoms with E-state index in [2.05, 4.69) is 0 Å². The standard InChI is InChI=1S/C17H15NO2S/c1-13-7-9-16(10-8-13)21(19,20)17(12-18)11-15-6-4-3-5-14(15)2/h3-11H,1-2H3/b17-11+. The summed E-state index contributed by atoms with van der Waals surface area (Å²) in [6, 6.07) is 15.6. The Kier molecular flexibility index (Phi) is 4.25. The number of sulfone groups is 1. The molecule has 21 heavy (non-hydrogen) atoms. The lowest BCUT2D eigenvalue weighted by molar-refractivity contribution is 0.603. The fourth-order valence-electron chi connectivity index (χ4n) is 1.90. The van der Waals surface area contributed by atoms with Gasteiger partial charge in [-0.25, -0.2) is 8.42 Å². The van der Waals surface area contributed by atoms with E-state index in [1.165, 1.54) is 18.2 Å². The van der Waals surface area contributed by atoms with Crippen LogP contribution in [-0.4, -0.2) is 8.42 Å². The molecule has 0 heterocycles. The molecule has 0 aliphatic carbocycles. The molecule has 0 atom stereocenters. The van der Waals surface area contributed by atoms with Gasteiger partial charge >= 0.3 is 0 Å². The van der Waals surface area contributed by atoms with Gasteiger partial charge < -0.3 is 0 Å². The number of nitrogens with zero attached hydrogens (tertiary/aromatic N) is 1. The number of benzene rings is 2. The molecule has 0 radical (unpaired) electrons. The highest BCUT2D eigenvalue weighted by Gasteiger charge is 2.20. The number of aryl methyl sites for hydroxylation is 2. The molecule has 2 aromatic carbocycles. The third kappa shape index (κ3) is 3.21. The Labute approximate surface area is 125 Å². The molecule has 106 valence electrons. The average molecular weight is 297 g/mol. The van der Waals surface area contributed by atoms with Crippen molar-refractivity contribution in [2.45, 2.75) is 18.7 Å². The summed E-state index contributed by atoms with van der Waals surface area (Å²) in [5.74, 6) is 0. The van der Waals surface area contributed by atoms with Crippen LogP contribution in [-0.2, 0) is 9.84 Å². The second kappa shape index (κ2) is 5.94. The summed E-state index contributed by atoms with van der Waals surface area (Å²) in [7, 11) is -3.78. The maximum Gasteiger partial charge on any atom is 0.216 e. The summed E-state index contributed by atoms with van der Waals surface area (Å²) in [4.78, 5) is -0.116. The van der Waals surface area contributed by atoms with Crippen LogP contribution in [0.15, 0.2) is 58.3 Å². The minimum Gasteiger partial charge on any atom is -0.218 e. The number of hydrogen-bond acceptors (Lipinski definition) is 3. The van der Waals surface area contributed by atoms with E-state index in [-0.39, 0.29) is 9.80 Å². The molecule has 0 saturated carbocycles. The molecule has 2 aromatic rings. The molecule has 2 rings (SSSR count). The summed E-state index contributed by atoms with van der Waals surface area (Å²) in [6.07, 6.45) is 1.42. The highest BCUT2D eigenvalue weighted by molar-refractivity contribution is 7.95. The molecule has 4 heteroatoms. The van der Waals surface area contributed by atoms with E-state index in [0.29, 0.717) is 0 Å². The third-order valence-electron chi connectivity index (χ3n) is 3.21. The van der Waals surface area contributed by atoms with Crippen molar-refractivity contribution in [2.24, 2.45) is 0 Å². The van der Waals surface area contributed by atoms with Crippen LogP contribution in [0.5, 0.6) is 0 Å². The van der Waals surface area contributed by atoms with Crippen LogP contribution in [0.3, 0.4) is 0 Å². The van der Waals surface area contributed by atoms with Crippen LogP contribution in [0.1, 0.15) is 16.7 Å². The third-order valence-corrected chi connectivity index (χ3v) is 4.89. The largest absolute Gasteiger partial charge is 0.218 e. The first kappa shape index (κ1) is 15.0. The zero-order valence-corrected chi connectivity index (χ0v) is 12.7. The van der Waals surface area contributed by atoms with Gasteiger partial charge in [0, 0.05) is 0 Å². The van der Waals surface area contributed by atoms with Crippen molar-refractivity contribution in [1.82, 2.24) is 0 Å². The fraction of sp³-hybridized carbons (Fsp3) is 0.118. The number of hydrogen-bond donors (Lipinski definition) is 0. The predicted octanol–water partition coefficient (Wildman–Crippen LogP) is 3.64. The topological polar surface area (TPSA) is 57.9 Å². The summed E-state index contributed by atoms with van der Waals surface area (Å²) in [5, 5.41) is 9.23. The number of allylic oxidation sites excluding steroid dienone is 1. The van der Waals surface area contributed by atoms with Crippen molar-refractivity contribution in [3.63, 3.8) is 0 Å². The summed E-state index contributed by atoms with van der Waals surface area (Å²) in [6.45, 7) is 3.75. The molecule has 0 bridgehead atoms. The lowest BCUT2D eigenvalue weighted by Crippen LogP contribution is -2.03. The summed E-state index contributed by atoms with van der Waals surface area (Å²) < 4.78 is 25.0. The van der Waals surface area contributed by atoms with Crippen molar-refractivity contribution in [3.8, 4) is 6.07 Å². The quantitative estimate of drug-likeness (QED) is 0.813. The van der Waals surface area contributed by atoms with E-state index < -0.39 is 9.84 Å². The minimum absolute atomic E-state index is 0.134. The fourth-order valence-corrected chi connectivity index (χ4v) is 3.05. The van der Waals surface area contributed by atoms with E-state index in [0.717, 1.165) is 16.7 Å². The zero-order chi connectivity index (χ0) is 15.5. The van der Waals surface area contributed by atoms with Gasteiger partial charge in [-0.2, -0.15) is 5.26 Å². The Morgan fingerprint density at radius 2 is 1.67 bits per heavy atom. The number of nitriles is 1. The van der Waals surface area contributed by atoms with Crippen LogP contribution in [0.25, 0.3) is 6.08 Å². The molecule has 0 aliphatic heterocycles. The van der Waals surface area contributed by atoms with Gasteiger partial charge in [-0.15, -0.1) is 0 Å². The van der Waals surface area contributed by atoms with E-state index >= 15 is 0 Å². The SMILES string of the molecule is Cc1ccc(S(=O)(=O)/C(C#N)=C/c2ccccc2C)cc1. The van der Waals surface area contributed by atoms with E-state index in [4.69, 9.17) is 0 Å². The van der Waals surface area contributed by atoms with Gasteiger partial charge in [0.2, 0.25) is 9.84 Å². The predicted molar refractivity (Wildman–Crippen MR) is 83.1 cm³/mol. The maximum atomic E-state index is 12.5. The molecular weight excluding hydrogens is 282 g/mol. The van der Waals surface area contributed by atoms with Crippen molar-refractivity contribution >= 4 is 15.9 Å². The molecule has 3 nitrogen and oxygen atoms in total. The Hall–Kier alpha value is -2.38. The van der Waals surface area contributed by atoms with Gasteiger partial charge in [-0.1, -0.05) is 42.0 Å². The zero-order valence-electron chi connectivity index (χ0n) is 11.9. The van der Waals surface area contributed by atoms with Gasteiger partial charge in [-0.05, 0) is 43.2 Å². The molecule has 0 spiro atoms. The first-order valence-corrected chi connectivity index (χ1v) is 7.92. The second-order valence-corrected chi connectivity index (χ2v) is 6.71. The lowest BCUT2D eigenvalue weighted by atomic mass is 10.1. The van der Waals surface area contributed by atoms with E-state index in [1.54, 1.807) is 24.3 Å². The molecular formula is C17H15NO2S.